The summed E-state index contributed by atoms with van der Waals surface area (Å²) in [5, 5.41) is 25.1. The van der Waals surface area contributed by atoms with Gasteiger partial charge in [-0.2, -0.15) is 0 Å². The molecule has 9 heteroatoms. The summed E-state index contributed by atoms with van der Waals surface area (Å²) in [5.74, 6) is -1.67. The number of anilines is 1. The summed E-state index contributed by atoms with van der Waals surface area (Å²) in [5.41, 5.74) is 2.59. The quantitative estimate of drug-likeness (QED) is 0.198. The van der Waals surface area contributed by atoms with Crippen LogP contribution in [0.4, 0.5) is 17.1 Å². The van der Waals surface area contributed by atoms with Gasteiger partial charge in [0.25, 0.3) is 17.3 Å². The molecule has 0 aliphatic rings. The maximum absolute atomic E-state index is 12.9. The van der Waals surface area contributed by atoms with Crippen molar-refractivity contribution in [1.29, 1.82) is 0 Å². The molecule has 0 saturated heterocycles. The first-order valence-electron chi connectivity index (χ1n) is 10.8. The van der Waals surface area contributed by atoms with Gasteiger partial charge >= 0.3 is 0 Å². The molecule has 0 unspecified atom stereocenters. The minimum absolute atomic E-state index is 0.132. The Morgan fingerprint density at radius 3 is 1.72 bits per heavy atom. The number of hydrogen-bond donors (Lipinski definition) is 1. The van der Waals surface area contributed by atoms with Crippen LogP contribution in [0.3, 0.4) is 0 Å². The highest BCUT2D eigenvalue weighted by atomic mass is 16.6. The second kappa shape index (κ2) is 10.4. The molecular weight excluding hydrogens is 462 g/mol. The van der Waals surface area contributed by atoms with E-state index in [-0.39, 0.29) is 23.5 Å². The Morgan fingerprint density at radius 2 is 1.17 bits per heavy atom. The Hall–Kier alpha value is -5.18. The number of carbonyl (C=O) groups is 2. The molecular formula is C27H19N3O6. The highest BCUT2D eigenvalue weighted by Gasteiger charge is 2.21. The normalized spacial score (nSPS) is 10.4. The molecule has 4 aromatic carbocycles. The molecule has 0 fully saturated rings. The third kappa shape index (κ3) is 5.31. The molecule has 9 nitrogen and oxygen atoms in total. The molecule has 0 aliphatic carbocycles. The van der Waals surface area contributed by atoms with Gasteiger partial charge in [-0.25, -0.2) is 0 Å². The number of Topliss-reactive ketones (excluding diaryl/α,β-unsaturated/α-hetero) is 1. The van der Waals surface area contributed by atoms with Gasteiger partial charge in [-0.05, 0) is 28.3 Å². The Bertz CT molecular complexity index is 1360. The topological polar surface area (TPSA) is 132 Å². The van der Waals surface area contributed by atoms with E-state index in [4.69, 9.17) is 0 Å². The number of benzene rings is 4. The minimum atomic E-state index is -0.904. The lowest BCUT2D eigenvalue weighted by molar-refractivity contribution is -0.385. The first-order valence-corrected chi connectivity index (χ1v) is 10.8. The van der Waals surface area contributed by atoms with E-state index in [1.165, 1.54) is 36.4 Å². The number of nitro groups is 2. The van der Waals surface area contributed by atoms with Crippen LogP contribution in [0.2, 0.25) is 0 Å². The van der Waals surface area contributed by atoms with Crippen molar-refractivity contribution in [3.63, 3.8) is 0 Å². The maximum atomic E-state index is 12.9. The van der Waals surface area contributed by atoms with Crippen LogP contribution in [0, 0.1) is 20.2 Å². The fraction of sp³-hybridized carbons (Fsp3) is 0.0370. The first-order chi connectivity index (χ1) is 17.3. The Kier molecular flexibility index (Phi) is 6.92. The summed E-state index contributed by atoms with van der Waals surface area (Å²) in [6.45, 7) is 0. The van der Waals surface area contributed by atoms with Gasteiger partial charge in [0, 0.05) is 41.9 Å². The molecule has 0 radical (unpaired) electrons. The number of nitrogens with zero attached hydrogens (tertiary/aromatic N) is 2. The summed E-state index contributed by atoms with van der Waals surface area (Å²) in [7, 11) is 0. The number of nitrogens with one attached hydrogen (secondary N) is 1. The van der Waals surface area contributed by atoms with Crippen molar-refractivity contribution in [3.8, 4) is 22.3 Å². The Balaban J connectivity index is 1.62. The third-order valence-corrected chi connectivity index (χ3v) is 5.54. The molecule has 36 heavy (non-hydrogen) atoms. The number of hydrogen-bond acceptors (Lipinski definition) is 6. The highest BCUT2D eigenvalue weighted by Crippen LogP contribution is 2.32. The van der Waals surface area contributed by atoms with Gasteiger partial charge in [-0.15, -0.1) is 0 Å². The lowest BCUT2D eigenvalue weighted by Gasteiger charge is -2.12. The van der Waals surface area contributed by atoms with E-state index in [2.05, 4.69) is 5.32 Å². The number of ketones is 1. The second-order valence-electron chi connectivity index (χ2n) is 7.87. The Morgan fingerprint density at radius 1 is 0.667 bits per heavy atom. The van der Waals surface area contributed by atoms with Gasteiger partial charge in [-0.3, -0.25) is 29.8 Å². The van der Waals surface area contributed by atoms with Crippen molar-refractivity contribution in [2.24, 2.45) is 0 Å². The van der Waals surface area contributed by atoms with E-state index >= 15 is 0 Å². The van der Waals surface area contributed by atoms with Crippen LogP contribution in [-0.4, -0.2) is 21.5 Å². The molecule has 0 spiro atoms. The van der Waals surface area contributed by atoms with Crippen molar-refractivity contribution in [1.82, 2.24) is 0 Å². The number of non-ortho nitro benzene ring substituents is 2. The van der Waals surface area contributed by atoms with Crippen LogP contribution in [-0.2, 0) is 16.0 Å². The second-order valence-corrected chi connectivity index (χ2v) is 7.87. The fourth-order valence-electron chi connectivity index (χ4n) is 3.78. The summed E-state index contributed by atoms with van der Waals surface area (Å²) in [4.78, 5) is 47.2. The van der Waals surface area contributed by atoms with Crippen LogP contribution >= 0.6 is 0 Å². The standard InChI is InChI=1S/C27H19N3O6/c31-26(15-20-11-12-21(29(33)34)16-23(20)18-7-3-1-4-8-18)27(32)28-25-14-13-22(30(35)36)17-24(25)19-9-5-2-6-10-19/h1-14,16-17H,15H2,(H,28,32). The largest absolute Gasteiger partial charge is 0.319 e. The molecule has 4 rings (SSSR count). The zero-order valence-electron chi connectivity index (χ0n) is 18.8. The van der Waals surface area contributed by atoms with Crippen LogP contribution < -0.4 is 5.32 Å². The summed E-state index contributed by atoms with van der Waals surface area (Å²) < 4.78 is 0. The van der Waals surface area contributed by atoms with E-state index in [0.717, 1.165) is 0 Å². The van der Waals surface area contributed by atoms with Gasteiger partial charge in [0.2, 0.25) is 5.78 Å². The van der Waals surface area contributed by atoms with Gasteiger partial charge in [-0.1, -0.05) is 66.7 Å². The van der Waals surface area contributed by atoms with E-state index in [1.807, 2.05) is 0 Å². The predicted octanol–water partition coefficient (Wildman–Crippen LogP) is 5.59. The van der Waals surface area contributed by atoms with Crippen molar-refractivity contribution in [2.75, 3.05) is 5.32 Å². The third-order valence-electron chi connectivity index (χ3n) is 5.54. The number of nitro benzene ring substituents is 2. The molecule has 0 saturated carbocycles. The molecule has 0 bridgehead atoms. The van der Waals surface area contributed by atoms with E-state index in [0.29, 0.717) is 27.8 Å². The Labute approximate surface area is 205 Å². The van der Waals surface area contributed by atoms with E-state index in [1.54, 1.807) is 60.7 Å². The molecule has 178 valence electrons. The number of carbonyl (C=O) groups excluding carboxylic acids is 2. The molecule has 0 heterocycles. The lowest BCUT2D eigenvalue weighted by Crippen LogP contribution is -2.25. The van der Waals surface area contributed by atoms with Gasteiger partial charge in [0.1, 0.15) is 0 Å². The van der Waals surface area contributed by atoms with Crippen molar-refractivity contribution in [3.05, 3.63) is 123 Å². The minimum Gasteiger partial charge on any atom is -0.319 e. The first kappa shape index (κ1) is 24.0. The van der Waals surface area contributed by atoms with Crippen LogP contribution in [0.1, 0.15) is 5.56 Å². The van der Waals surface area contributed by atoms with Crippen molar-refractivity contribution >= 4 is 28.8 Å². The zero-order valence-corrected chi connectivity index (χ0v) is 18.8. The maximum Gasteiger partial charge on any atom is 0.292 e. The van der Waals surface area contributed by atoms with Crippen LogP contribution in [0.15, 0.2) is 97.1 Å². The average molecular weight is 481 g/mol. The van der Waals surface area contributed by atoms with E-state index in [9.17, 15) is 29.8 Å². The number of amides is 1. The van der Waals surface area contributed by atoms with Crippen molar-refractivity contribution < 1.29 is 19.4 Å². The van der Waals surface area contributed by atoms with Gasteiger partial charge in [0.15, 0.2) is 0 Å². The van der Waals surface area contributed by atoms with Crippen LogP contribution in [0.25, 0.3) is 22.3 Å². The summed E-state index contributed by atoms with van der Waals surface area (Å²) in [6, 6.07) is 25.7. The average Bonchev–Trinajstić information content (AvgIpc) is 2.89. The molecule has 1 N–H and O–H groups in total. The lowest BCUT2D eigenvalue weighted by atomic mass is 9.95. The molecule has 0 aromatic heterocycles. The molecule has 0 atom stereocenters. The summed E-state index contributed by atoms with van der Waals surface area (Å²) in [6.07, 6.45) is -0.290. The SMILES string of the molecule is O=C(Cc1ccc([N+](=O)[O-])cc1-c1ccccc1)C(=O)Nc1ccc([N+](=O)[O-])cc1-c1ccccc1. The molecule has 4 aromatic rings. The van der Waals surface area contributed by atoms with Gasteiger partial charge in [0.05, 0.1) is 9.85 Å². The van der Waals surface area contributed by atoms with Gasteiger partial charge < -0.3 is 5.32 Å². The number of rotatable bonds is 8. The zero-order chi connectivity index (χ0) is 25.7. The summed E-state index contributed by atoms with van der Waals surface area (Å²) >= 11 is 0. The molecule has 0 aliphatic heterocycles. The highest BCUT2D eigenvalue weighted by molar-refractivity contribution is 6.41. The smallest absolute Gasteiger partial charge is 0.292 e. The molecule has 1 amide bonds. The van der Waals surface area contributed by atoms with E-state index < -0.39 is 21.5 Å². The monoisotopic (exact) mass is 481 g/mol. The van der Waals surface area contributed by atoms with Crippen molar-refractivity contribution in [2.45, 2.75) is 6.42 Å². The predicted molar refractivity (Wildman–Crippen MR) is 134 cm³/mol. The van der Waals surface area contributed by atoms with Crippen LogP contribution in [0.5, 0.6) is 0 Å². The fourth-order valence-corrected chi connectivity index (χ4v) is 3.78.